The SMILES string of the molecule is O=C(Cc1ccccn1)NCc1ccc2c(c1)CNC2. The van der Waals surface area contributed by atoms with Gasteiger partial charge in [0.25, 0.3) is 0 Å². The highest BCUT2D eigenvalue weighted by Crippen LogP contribution is 2.16. The zero-order valence-corrected chi connectivity index (χ0v) is 11.2. The molecule has 0 aliphatic carbocycles. The highest BCUT2D eigenvalue weighted by molar-refractivity contribution is 5.78. The second-order valence-electron chi connectivity index (χ2n) is 4.98. The van der Waals surface area contributed by atoms with Crippen LogP contribution in [0.25, 0.3) is 0 Å². The van der Waals surface area contributed by atoms with Crippen LogP contribution in [0.2, 0.25) is 0 Å². The Bertz CT molecular complexity index is 610. The molecule has 2 N–H and O–H groups in total. The average Bonchev–Trinajstić information content (AvgIpc) is 2.93. The number of nitrogens with zero attached hydrogens (tertiary/aromatic N) is 1. The molecule has 20 heavy (non-hydrogen) atoms. The summed E-state index contributed by atoms with van der Waals surface area (Å²) in [5.41, 5.74) is 4.63. The van der Waals surface area contributed by atoms with Crippen LogP contribution in [0, 0.1) is 0 Å². The average molecular weight is 267 g/mol. The van der Waals surface area contributed by atoms with Gasteiger partial charge < -0.3 is 10.6 Å². The largest absolute Gasteiger partial charge is 0.352 e. The molecule has 1 aliphatic heterocycles. The number of aromatic nitrogens is 1. The lowest BCUT2D eigenvalue weighted by atomic mass is 10.1. The van der Waals surface area contributed by atoms with Crippen LogP contribution >= 0.6 is 0 Å². The van der Waals surface area contributed by atoms with Gasteiger partial charge in [0.2, 0.25) is 5.91 Å². The topological polar surface area (TPSA) is 54.0 Å². The lowest BCUT2D eigenvalue weighted by Crippen LogP contribution is -2.24. The van der Waals surface area contributed by atoms with E-state index in [0.717, 1.165) is 24.3 Å². The minimum absolute atomic E-state index is 0.00215. The first-order valence-corrected chi connectivity index (χ1v) is 6.79. The van der Waals surface area contributed by atoms with Crippen LogP contribution in [0.5, 0.6) is 0 Å². The fraction of sp³-hybridized carbons (Fsp3) is 0.250. The molecule has 3 rings (SSSR count). The third kappa shape index (κ3) is 3.03. The van der Waals surface area contributed by atoms with Crippen LogP contribution in [0.4, 0.5) is 0 Å². The van der Waals surface area contributed by atoms with Crippen molar-refractivity contribution in [2.24, 2.45) is 0 Å². The van der Waals surface area contributed by atoms with Gasteiger partial charge in [-0.2, -0.15) is 0 Å². The molecule has 1 aromatic heterocycles. The summed E-state index contributed by atoms with van der Waals surface area (Å²) in [5.74, 6) is 0.00215. The molecule has 4 nitrogen and oxygen atoms in total. The quantitative estimate of drug-likeness (QED) is 0.883. The third-order valence-electron chi connectivity index (χ3n) is 3.46. The first-order chi connectivity index (χ1) is 9.81. The van der Waals surface area contributed by atoms with Gasteiger partial charge in [0.1, 0.15) is 0 Å². The van der Waals surface area contributed by atoms with Gasteiger partial charge in [-0.25, -0.2) is 0 Å². The second-order valence-corrected chi connectivity index (χ2v) is 4.98. The Labute approximate surface area is 118 Å². The predicted molar refractivity (Wildman–Crippen MR) is 76.8 cm³/mol. The van der Waals surface area contributed by atoms with E-state index >= 15 is 0 Å². The van der Waals surface area contributed by atoms with Crippen molar-refractivity contribution in [3.8, 4) is 0 Å². The van der Waals surface area contributed by atoms with Gasteiger partial charge in [0.15, 0.2) is 0 Å². The zero-order chi connectivity index (χ0) is 13.8. The summed E-state index contributed by atoms with van der Waals surface area (Å²) in [4.78, 5) is 16.0. The summed E-state index contributed by atoms with van der Waals surface area (Å²) in [7, 11) is 0. The molecule has 0 radical (unpaired) electrons. The normalized spacial score (nSPS) is 13.0. The Morgan fingerprint density at radius 2 is 2.10 bits per heavy atom. The van der Waals surface area contributed by atoms with E-state index in [1.807, 2.05) is 18.2 Å². The van der Waals surface area contributed by atoms with Gasteiger partial charge >= 0.3 is 0 Å². The molecule has 2 aromatic rings. The third-order valence-corrected chi connectivity index (χ3v) is 3.46. The molecular formula is C16H17N3O. The van der Waals surface area contributed by atoms with Crippen LogP contribution in [-0.2, 0) is 30.8 Å². The van der Waals surface area contributed by atoms with Crippen LogP contribution in [-0.4, -0.2) is 10.9 Å². The van der Waals surface area contributed by atoms with Gasteiger partial charge in [-0.1, -0.05) is 24.3 Å². The molecule has 0 saturated heterocycles. The molecule has 102 valence electrons. The Hall–Kier alpha value is -2.20. The van der Waals surface area contributed by atoms with Crippen molar-refractivity contribution >= 4 is 5.91 Å². The van der Waals surface area contributed by atoms with Gasteiger partial charge in [-0.3, -0.25) is 9.78 Å². The van der Waals surface area contributed by atoms with Crippen molar-refractivity contribution in [3.05, 3.63) is 65.0 Å². The fourth-order valence-electron chi connectivity index (χ4n) is 2.39. The Morgan fingerprint density at radius 3 is 2.95 bits per heavy atom. The van der Waals surface area contributed by atoms with Crippen molar-refractivity contribution in [3.63, 3.8) is 0 Å². The number of nitrogens with one attached hydrogen (secondary N) is 2. The van der Waals surface area contributed by atoms with Crippen molar-refractivity contribution in [1.82, 2.24) is 15.6 Å². The van der Waals surface area contributed by atoms with Crippen molar-refractivity contribution in [2.75, 3.05) is 0 Å². The van der Waals surface area contributed by atoms with Gasteiger partial charge in [-0.15, -0.1) is 0 Å². The van der Waals surface area contributed by atoms with Crippen molar-refractivity contribution < 1.29 is 4.79 Å². The molecule has 1 amide bonds. The standard InChI is InChI=1S/C16H17N3O/c20-16(8-15-3-1-2-6-18-15)19-9-12-4-5-13-10-17-11-14(13)7-12/h1-7,17H,8-11H2,(H,19,20). The Morgan fingerprint density at radius 1 is 1.20 bits per heavy atom. The number of fused-ring (bicyclic) bond motifs is 1. The molecule has 0 saturated carbocycles. The van der Waals surface area contributed by atoms with Crippen molar-refractivity contribution in [2.45, 2.75) is 26.1 Å². The maximum absolute atomic E-state index is 11.9. The molecule has 0 atom stereocenters. The maximum atomic E-state index is 11.9. The Kier molecular flexibility index (Phi) is 3.74. The van der Waals surface area contributed by atoms with Crippen LogP contribution in [0.3, 0.4) is 0 Å². The van der Waals surface area contributed by atoms with E-state index < -0.39 is 0 Å². The molecule has 1 aromatic carbocycles. The summed E-state index contributed by atoms with van der Waals surface area (Å²) in [6, 6.07) is 12.0. The molecule has 0 bridgehead atoms. The molecule has 1 aliphatic rings. The lowest BCUT2D eigenvalue weighted by molar-refractivity contribution is -0.120. The first-order valence-electron chi connectivity index (χ1n) is 6.79. The van der Waals surface area contributed by atoms with Crippen molar-refractivity contribution in [1.29, 1.82) is 0 Å². The number of amides is 1. The van der Waals surface area contributed by atoms with Gasteiger partial charge in [0.05, 0.1) is 6.42 Å². The summed E-state index contributed by atoms with van der Waals surface area (Å²) < 4.78 is 0. The van der Waals surface area contributed by atoms with Gasteiger partial charge in [0, 0.05) is 31.5 Å². The maximum Gasteiger partial charge on any atom is 0.226 e. The van der Waals surface area contributed by atoms with E-state index in [2.05, 4.69) is 33.8 Å². The number of benzene rings is 1. The lowest BCUT2D eigenvalue weighted by Gasteiger charge is -2.07. The first kappa shape index (κ1) is 12.8. The number of hydrogen-bond donors (Lipinski definition) is 2. The minimum atomic E-state index is 0.00215. The van der Waals surface area contributed by atoms with E-state index in [1.165, 1.54) is 11.1 Å². The smallest absolute Gasteiger partial charge is 0.226 e. The second kappa shape index (κ2) is 5.84. The number of hydrogen-bond acceptors (Lipinski definition) is 3. The summed E-state index contributed by atoms with van der Waals surface area (Å²) in [5, 5.41) is 6.26. The van der Waals surface area contributed by atoms with E-state index in [1.54, 1.807) is 6.20 Å². The zero-order valence-electron chi connectivity index (χ0n) is 11.2. The highest BCUT2D eigenvalue weighted by atomic mass is 16.1. The summed E-state index contributed by atoms with van der Waals surface area (Å²) in [6.07, 6.45) is 2.03. The van der Waals surface area contributed by atoms with E-state index in [0.29, 0.717) is 13.0 Å². The molecule has 0 fully saturated rings. The van der Waals surface area contributed by atoms with Crippen LogP contribution < -0.4 is 10.6 Å². The Balaban J connectivity index is 1.55. The predicted octanol–water partition coefficient (Wildman–Crippen LogP) is 1.54. The molecule has 4 heteroatoms. The number of pyridine rings is 1. The summed E-state index contributed by atoms with van der Waals surface area (Å²) >= 11 is 0. The van der Waals surface area contributed by atoms with E-state index in [-0.39, 0.29) is 5.91 Å². The van der Waals surface area contributed by atoms with Gasteiger partial charge in [-0.05, 0) is 28.8 Å². The van der Waals surface area contributed by atoms with Crippen LogP contribution in [0.1, 0.15) is 22.4 Å². The molecule has 0 spiro atoms. The highest BCUT2D eigenvalue weighted by Gasteiger charge is 2.10. The van der Waals surface area contributed by atoms with E-state index in [9.17, 15) is 4.79 Å². The minimum Gasteiger partial charge on any atom is -0.352 e. The molecule has 2 heterocycles. The molecule has 0 unspecified atom stereocenters. The van der Waals surface area contributed by atoms with Crippen LogP contribution in [0.15, 0.2) is 42.6 Å². The number of rotatable bonds is 4. The monoisotopic (exact) mass is 267 g/mol. The molecular weight excluding hydrogens is 250 g/mol. The number of carbonyl (C=O) groups excluding carboxylic acids is 1. The fourth-order valence-corrected chi connectivity index (χ4v) is 2.39. The summed E-state index contributed by atoms with van der Waals surface area (Å²) in [6.45, 7) is 2.44. The van der Waals surface area contributed by atoms with E-state index in [4.69, 9.17) is 0 Å². The number of carbonyl (C=O) groups is 1.